The molecule has 8 rings (SSSR count). The number of benzene rings is 6. The van der Waals surface area contributed by atoms with Crippen LogP contribution in [0.1, 0.15) is 47.6 Å². The Morgan fingerprint density at radius 1 is 0.519 bits per heavy atom. The zero-order chi connectivity index (χ0) is 35.8. The Kier molecular flexibility index (Phi) is 9.26. The van der Waals surface area contributed by atoms with Crippen molar-refractivity contribution in [1.82, 2.24) is 4.98 Å². The zero-order valence-electron chi connectivity index (χ0n) is 30.6. The number of aromatic nitrogens is 1. The minimum Gasteiger partial charge on any atom is -0.247 e. The standard InChI is InChI=1S/C50H43NS/c1-32-17-6-9-20-40(32)43-25-16-24-42(35(43)4)37-29-38(44-22-12-15-28-48(44)52-47-27-14-8-19-34(47)3)31-39(30-37)50-36(5)49(41-21-10-7-18-33(41)2)45-23-11-13-26-46(45)51-50/h6-8,10-19,21-31H,9,20H2,1-5H3. The molecule has 0 saturated heterocycles. The van der Waals surface area contributed by atoms with E-state index in [4.69, 9.17) is 4.98 Å². The topological polar surface area (TPSA) is 12.9 Å². The van der Waals surface area contributed by atoms with Crippen LogP contribution in [0.5, 0.6) is 0 Å². The highest BCUT2D eigenvalue weighted by Gasteiger charge is 2.20. The summed E-state index contributed by atoms with van der Waals surface area (Å²) in [6.45, 7) is 11.2. The number of pyridine rings is 1. The molecule has 0 amide bonds. The minimum atomic E-state index is 1.01. The second-order valence-corrected chi connectivity index (χ2v) is 15.1. The van der Waals surface area contributed by atoms with Gasteiger partial charge in [0.15, 0.2) is 0 Å². The Balaban J connectivity index is 1.39. The van der Waals surface area contributed by atoms with Gasteiger partial charge in [0.05, 0.1) is 11.2 Å². The Hall–Kier alpha value is -5.44. The maximum absolute atomic E-state index is 5.44. The number of aryl methyl sites for hydroxylation is 2. The van der Waals surface area contributed by atoms with Gasteiger partial charge in [0.25, 0.3) is 0 Å². The monoisotopic (exact) mass is 689 g/mol. The maximum atomic E-state index is 5.44. The van der Waals surface area contributed by atoms with Gasteiger partial charge in [-0.2, -0.15) is 0 Å². The molecule has 52 heavy (non-hydrogen) atoms. The first kappa shape index (κ1) is 33.7. The van der Waals surface area contributed by atoms with Crippen molar-refractivity contribution < 1.29 is 0 Å². The summed E-state index contributed by atoms with van der Waals surface area (Å²) in [4.78, 5) is 7.95. The molecule has 0 aliphatic heterocycles. The summed E-state index contributed by atoms with van der Waals surface area (Å²) in [6.07, 6.45) is 6.74. The van der Waals surface area contributed by atoms with E-state index in [0.29, 0.717) is 0 Å². The van der Waals surface area contributed by atoms with Gasteiger partial charge in [0.1, 0.15) is 0 Å². The van der Waals surface area contributed by atoms with Crippen LogP contribution in [0, 0.1) is 27.7 Å². The molecule has 0 unspecified atom stereocenters. The molecule has 1 aliphatic rings. The van der Waals surface area contributed by atoms with Gasteiger partial charge in [0, 0.05) is 20.7 Å². The van der Waals surface area contributed by atoms with Gasteiger partial charge in [-0.25, -0.2) is 4.98 Å². The maximum Gasteiger partial charge on any atom is 0.0745 e. The van der Waals surface area contributed by atoms with Gasteiger partial charge in [0.2, 0.25) is 0 Å². The van der Waals surface area contributed by atoms with Gasteiger partial charge in [-0.15, -0.1) is 0 Å². The molecule has 0 spiro atoms. The van der Waals surface area contributed by atoms with E-state index < -0.39 is 0 Å². The first-order chi connectivity index (χ1) is 25.4. The lowest BCUT2D eigenvalue weighted by Crippen LogP contribution is -1.99. The highest BCUT2D eigenvalue weighted by molar-refractivity contribution is 7.99. The summed E-state index contributed by atoms with van der Waals surface area (Å²) in [6, 6.07) is 48.8. The number of nitrogens with zero attached hydrogens (tertiary/aromatic N) is 1. The molecule has 1 aliphatic carbocycles. The van der Waals surface area contributed by atoms with Crippen molar-refractivity contribution in [3.05, 3.63) is 179 Å². The fourth-order valence-corrected chi connectivity index (χ4v) is 8.91. The number of hydrogen-bond acceptors (Lipinski definition) is 2. The van der Waals surface area contributed by atoms with E-state index in [9.17, 15) is 0 Å². The molecule has 0 bridgehead atoms. The van der Waals surface area contributed by atoms with Crippen molar-refractivity contribution >= 4 is 28.2 Å². The highest BCUT2D eigenvalue weighted by atomic mass is 32.2. The van der Waals surface area contributed by atoms with E-state index in [-0.39, 0.29) is 0 Å². The van der Waals surface area contributed by atoms with E-state index in [1.165, 1.54) is 87.5 Å². The molecule has 0 fully saturated rings. The number of rotatable bonds is 7. The molecule has 6 aromatic carbocycles. The van der Waals surface area contributed by atoms with Crippen LogP contribution in [-0.2, 0) is 0 Å². The molecule has 0 atom stereocenters. The summed E-state index contributed by atoms with van der Waals surface area (Å²) < 4.78 is 0. The summed E-state index contributed by atoms with van der Waals surface area (Å²) in [5.41, 5.74) is 19.8. The van der Waals surface area contributed by atoms with E-state index in [1.807, 2.05) is 11.8 Å². The molecule has 1 heterocycles. The van der Waals surface area contributed by atoms with Crippen molar-refractivity contribution in [2.24, 2.45) is 0 Å². The number of allylic oxidation sites excluding steroid dienone is 4. The molecule has 1 nitrogen and oxygen atoms in total. The third-order valence-electron chi connectivity index (χ3n) is 10.6. The van der Waals surface area contributed by atoms with Gasteiger partial charge in [-0.1, -0.05) is 121 Å². The lowest BCUT2D eigenvalue weighted by molar-refractivity contribution is 1.03. The van der Waals surface area contributed by atoms with Crippen LogP contribution < -0.4 is 0 Å². The normalized spacial score (nSPS) is 12.9. The summed E-state index contributed by atoms with van der Waals surface area (Å²) in [5, 5.41) is 1.18. The van der Waals surface area contributed by atoms with E-state index in [0.717, 1.165) is 29.6 Å². The number of para-hydroxylation sites is 1. The first-order valence-electron chi connectivity index (χ1n) is 18.3. The highest BCUT2D eigenvalue weighted by Crippen LogP contribution is 2.44. The number of hydrogen-bond donors (Lipinski definition) is 0. The lowest BCUT2D eigenvalue weighted by Gasteiger charge is -2.21. The Morgan fingerprint density at radius 3 is 1.90 bits per heavy atom. The second kappa shape index (κ2) is 14.3. The fraction of sp³-hybridized carbons (Fsp3) is 0.140. The van der Waals surface area contributed by atoms with Crippen molar-refractivity contribution in [3.8, 4) is 44.6 Å². The Labute approximate surface area is 312 Å². The third kappa shape index (κ3) is 6.33. The van der Waals surface area contributed by atoms with Crippen LogP contribution in [0.4, 0.5) is 0 Å². The van der Waals surface area contributed by atoms with E-state index >= 15 is 0 Å². The zero-order valence-corrected chi connectivity index (χ0v) is 31.4. The molecule has 0 N–H and O–H groups in total. The summed E-state index contributed by atoms with van der Waals surface area (Å²) in [5.74, 6) is 0. The van der Waals surface area contributed by atoms with E-state index in [1.54, 1.807) is 0 Å². The second-order valence-electron chi connectivity index (χ2n) is 14.0. The molecule has 7 aromatic rings. The van der Waals surface area contributed by atoms with Crippen LogP contribution in [0.2, 0.25) is 0 Å². The molecule has 1 aromatic heterocycles. The molecule has 0 radical (unpaired) electrons. The van der Waals surface area contributed by atoms with Crippen molar-refractivity contribution in [1.29, 1.82) is 0 Å². The summed E-state index contributed by atoms with van der Waals surface area (Å²) >= 11 is 1.84. The molecule has 254 valence electrons. The molecular formula is C50H43NS. The van der Waals surface area contributed by atoms with Crippen LogP contribution in [0.25, 0.3) is 61.1 Å². The largest absolute Gasteiger partial charge is 0.247 e. The van der Waals surface area contributed by atoms with Crippen molar-refractivity contribution in [3.63, 3.8) is 0 Å². The van der Waals surface area contributed by atoms with Gasteiger partial charge >= 0.3 is 0 Å². The fourth-order valence-electron chi connectivity index (χ4n) is 7.86. The lowest BCUT2D eigenvalue weighted by atomic mass is 9.85. The van der Waals surface area contributed by atoms with Crippen molar-refractivity contribution in [2.75, 3.05) is 0 Å². The third-order valence-corrected chi connectivity index (χ3v) is 11.9. The average Bonchev–Trinajstić information content (AvgIpc) is 3.16. The molecular weight excluding hydrogens is 647 g/mol. The summed E-state index contributed by atoms with van der Waals surface area (Å²) in [7, 11) is 0. The van der Waals surface area contributed by atoms with Crippen LogP contribution in [-0.4, -0.2) is 4.98 Å². The minimum absolute atomic E-state index is 1.01. The molecule has 2 heteroatoms. The average molecular weight is 690 g/mol. The predicted molar refractivity (Wildman–Crippen MR) is 224 cm³/mol. The Morgan fingerprint density at radius 2 is 1.13 bits per heavy atom. The smallest absolute Gasteiger partial charge is 0.0745 e. The van der Waals surface area contributed by atoms with Crippen LogP contribution in [0.3, 0.4) is 0 Å². The Bertz CT molecular complexity index is 2550. The van der Waals surface area contributed by atoms with Gasteiger partial charge < -0.3 is 0 Å². The van der Waals surface area contributed by atoms with Crippen LogP contribution >= 0.6 is 11.8 Å². The molecule has 0 saturated carbocycles. The SMILES string of the molecule is CC1=C(c2cccc(-c3cc(-c4ccccc4Sc4ccccc4C)cc(-c4nc5ccccc5c(-c5ccccc5C)c4C)c3)c2C)CCC=C1. The van der Waals surface area contributed by atoms with Crippen molar-refractivity contribution in [2.45, 2.75) is 57.3 Å². The van der Waals surface area contributed by atoms with Gasteiger partial charge in [-0.3, -0.25) is 0 Å². The van der Waals surface area contributed by atoms with E-state index in [2.05, 4.69) is 180 Å². The predicted octanol–water partition coefficient (Wildman–Crippen LogP) is 14.4. The van der Waals surface area contributed by atoms with Crippen LogP contribution in [0.15, 0.2) is 161 Å². The quantitative estimate of drug-likeness (QED) is 0.165. The van der Waals surface area contributed by atoms with Gasteiger partial charge in [-0.05, 0) is 156 Å². The number of fused-ring (bicyclic) bond motifs is 1. The first-order valence-corrected chi connectivity index (χ1v) is 19.1.